The first-order chi connectivity index (χ1) is 24.1. The number of carbonyl (C=O) groups excluding carboxylic acids is 2. The standard InChI is InChI=1S/C31H40N8O11/c1-16-21-27(33-12-32-16)38(14-36-21)30-25(44)23(42)17(49-30)10-47-19(40)8-6-4-2-3-5-7-9-20(41)48-11-18-24(43)26(45)31(50-18)39-15-37-22-28(39)34-13-35-29(22)46/h12-15,17-18,23-26,30-31,42-45H,1-11H2,(H,32,33)(H,34,35,46)/t17-,18+,23+,24-,25+,26-,30+,31+/m0/s1. The second kappa shape index (κ2) is 15.6. The summed E-state index contributed by atoms with van der Waals surface area (Å²) in [6, 6.07) is 0. The maximum Gasteiger partial charge on any atom is 0.305 e. The van der Waals surface area contributed by atoms with Crippen molar-refractivity contribution in [2.75, 3.05) is 13.2 Å². The number of rotatable bonds is 15. The Bertz CT molecular complexity index is 1770. The zero-order chi connectivity index (χ0) is 35.4. The molecule has 3 aliphatic heterocycles. The van der Waals surface area contributed by atoms with Crippen LogP contribution in [0.3, 0.4) is 0 Å². The molecule has 6 N–H and O–H groups in total. The molecule has 0 saturated carbocycles. The van der Waals surface area contributed by atoms with Crippen LogP contribution in [0.1, 0.15) is 69.5 Å². The van der Waals surface area contributed by atoms with Crippen LogP contribution in [0.4, 0.5) is 5.82 Å². The van der Waals surface area contributed by atoms with Crippen molar-refractivity contribution in [2.45, 2.75) is 100 Å². The third-order valence-electron chi connectivity index (χ3n) is 8.90. The Balaban J connectivity index is 0.814. The number of aliphatic imine (C=N–C) groups is 1. The van der Waals surface area contributed by atoms with Crippen molar-refractivity contribution in [3.8, 4) is 0 Å². The van der Waals surface area contributed by atoms with E-state index in [2.05, 4.69) is 36.8 Å². The Morgan fingerprint density at radius 3 is 1.98 bits per heavy atom. The molecule has 50 heavy (non-hydrogen) atoms. The Morgan fingerprint density at radius 1 is 0.800 bits per heavy atom. The van der Waals surface area contributed by atoms with E-state index in [1.807, 2.05) is 0 Å². The summed E-state index contributed by atoms with van der Waals surface area (Å²) in [6.07, 6.45) is 1.01. The number of hydrogen-bond donors (Lipinski definition) is 6. The van der Waals surface area contributed by atoms with E-state index in [0.29, 0.717) is 30.1 Å². The van der Waals surface area contributed by atoms with Crippen molar-refractivity contribution >= 4 is 41.0 Å². The molecule has 0 unspecified atom stereocenters. The first-order valence-corrected chi connectivity index (χ1v) is 16.4. The fraction of sp³-hybridized carbons (Fsp3) is 0.581. The lowest BCUT2D eigenvalue weighted by atomic mass is 10.1. The Labute approximate surface area is 284 Å². The number of esters is 2. The Hall–Kier alpha value is -4.53. The van der Waals surface area contributed by atoms with E-state index in [1.165, 1.54) is 34.5 Å². The van der Waals surface area contributed by atoms with E-state index < -0.39 is 66.6 Å². The van der Waals surface area contributed by atoms with Crippen LogP contribution in [-0.4, -0.2) is 118 Å². The summed E-state index contributed by atoms with van der Waals surface area (Å²) in [6.45, 7) is 3.38. The molecule has 0 radical (unpaired) electrons. The van der Waals surface area contributed by atoms with E-state index in [-0.39, 0.29) is 37.2 Å². The molecule has 2 fully saturated rings. The van der Waals surface area contributed by atoms with Gasteiger partial charge in [0.25, 0.3) is 5.56 Å². The number of aromatic nitrogens is 6. The number of H-pyrrole nitrogens is 1. The fourth-order valence-electron chi connectivity index (χ4n) is 6.10. The third kappa shape index (κ3) is 7.47. The van der Waals surface area contributed by atoms with Crippen LogP contribution in [0.15, 0.2) is 35.3 Å². The molecule has 2 saturated heterocycles. The van der Waals surface area contributed by atoms with Crippen molar-refractivity contribution in [3.63, 3.8) is 0 Å². The van der Waals surface area contributed by atoms with E-state index in [4.69, 9.17) is 18.9 Å². The SMILES string of the molecule is C=C1NC=Nc2c1ncn2[C@@H]1O[C@@H](COC(=O)CCCCCCCCC(=O)OC[C@H]2O[C@@H](n3cnc4c(=O)[nH]cnc43)[C@@H](O)[C@H]2O)[C@@H](O)[C@H]1O. The predicted octanol–water partition coefficient (Wildman–Crippen LogP) is -0.304. The van der Waals surface area contributed by atoms with Gasteiger partial charge < -0.3 is 49.7 Å². The number of carbonyl (C=O) groups is 2. The number of imidazole rings is 2. The molecule has 0 spiro atoms. The number of aliphatic hydroxyl groups excluding tert-OH is 4. The third-order valence-corrected chi connectivity index (χ3v) is 8.90. The highest BCUT2D eigenvalue weighted by Crippen LogP contribution is 2.36. The topological polar surface area (TPSA) is 258 Å². The minimum absolute atomic E-state index is 0.0606. The smallest absolute Gasteiger partial charge is 0.305 e. The van der Waals surface area contributed by atoms with Gasteiger partial charge in [0.1, 0.15) is 55.5 Å². The zero-order valence-corrected chi connectivity index (χ0v) is 27.0. The van der Waals surface area contributed by atoms with Gasteiger partial charge in [-0.3, -0.25) is 23.5 Å². The Morgan fingerprint density at radius 2 is 1.36 bits per heavy atom. The lowest BCUT2D eigenvalue weighted by Gasteiger charge is -2.19. The van der Waals surface area contributed by atoms with E-state index in [9.17, 15) is 34.8 Å². The first-order valence-electron chi connectivity index (χ1n) is 16.4. The van der Waals surface area contributed by atoms with Gasteiger partial charge in [0.05, 0.1) is 31.0 Å². The Kier molecular flexibility index (Phi) is 11.0. The molecule has 6 heterocycles. The number of nitrogens with one attached hydrogen (secondary N) is 2. The molecule has 19 heteroatoms. The second-order valence-electron chi connectivity index (χ2n) is 12.3. The fourth-order valence-corrected chi connectivity index (χ4v) is 6.10. The van der Waals surface area contributed by atoms with Gasteiger partial charge in [0.2, 0.25) is 0 Å². The van der Waals surface area contributed by atoms with Crippen molar-refractivity contribution in [1.29, 1.82) is 0 Å². The quantitative estimate of drug-likeness (QED) is 0.0878. The number of aromatic amines is 1. The first kappa shape index (κ1) is 35.3. The van der Waals surface area contributed by atoms with Gasteiger partial charge in [-0.25, -0.2) is 19.9 Å². The molecule has 0 amide bonds. The number of ether oxygens (including phenoxy) is 4. The molecule has 270 valence electrons. The molecule has 19 nitrogen and oxygen atoms in total. The number of fused-ring (bicyclic) bond motifs is 2. The van der Waals surface area contributed by atoms with Gasteiger partial charge in [-0.05, 0) is 12.8 Å². The summed E-state index contributed by atoms with van der Waals surface area (Å²) in [5, 5.41) is 44.9. The van der Waals surface area contributed by atoms with Gasteiger partial charge in [-0.1, -0.05) is 32.3 Å². The number of hydrogen-bond acceptors (Lipinski definition) is 16. The van der Waals surface area contributed by atoms with Gasteiger partial charge in [0.15, 0.2) is 29.4 Å². The molecule has 0 aromatic carbocycles. The minimum Gasteiger partial charge on any atom is -0.463 e. The van der Waals surface area contributed by atoms with Crippen molar-refractivity contribution in [1.82, 2.24) is 34.4 Å². The summed E-state index contributed by atoms with van der Waals surface area (Å²) in [5.41, 5.74) is 0.828. The average Bonchev–Trinajstić information content (AvgIpc) is 3.86. The number of aliphatic hydroxyl groups is 4. The van der Waals surface area contributed by atoms with Gasteiger partial charge in [-0.15, -0.1) is 0 Å². The molecular weight excluding hydrogens is 660 g/mol. The lowest BCUT2D eigenvalue weighted by Crippen LogP contribution is -2.34. The van der Waals surface area contributed by atoms with Crippen LogP contribution < -0.4 is 10.9 Å². The second-order valence-corrected chi connectivity index (χ2v) is 12.3. The lowest BCUT2D eigenvalue weighted by molar-refractivity contribution is -0.151. The summed E-state index contributed by atoms with van der Waals surface area (Å²) < 4.78 is 25.0. The highest BCUT2D eigenvalue weighted by Gasteiger charge is 2.46. The monoisotopic (exact) mass is 700 g/mol. The summed E-state index contributed by atoms with van der Waals surface area (Å²) in [4.78, 5) is 55.4. The molecule has 3 aliphatic rings. The number of unbranched alkanes of at least 4 members (excludes halogenated alkanes) is 5. The largest absolute Gasteiger partial charge is 0.463 e. The maximum absolute atomic E-state index is 12.3. The number of nitrogens with zero attached hydrogens (tertiary/aromatic N) is 6. The van der Waals surface area contributed by atoms with Crippen molar-refractivity contribution in [2.24, 2.45) is 4.99 Å². The van der Waals surface area contributed by atoms with Gasteiger partial charge in [-0.2, -0.15) is 0 Å². The summed E-state index contributed by atoms with van der Waals surface area (Å²) >= 11 is 0. The molecule has 3 aromatic rings. The minimum atomic E-state index is -1.36. The maximum atomic E-state index is 12.3. The van der Waals surface area contributed by atoms with Crippen molar-refractivity contribution < 1.29 is 49.0 Å². The highest BCUT2D eigenvalue weighted by molar-refractivity contribution is 5.83. The van der Waals surface area contributed by atoms with Crippen LogP contribution in [0, 0.1) is 0 Å². The molecule has 0 aliphatic carbocycles. The van der Waals surface area contributed by atoms with Crippen LogP contribution >= 0.6 is 0 Å². The summed E-state index contributed by atoms with van der Waals surface area (Å²) in [7, 11) is 0. The summed E-state index contributed by atoms with van der Waals surface area (Å²) in [5.74, 6) is -0.470. The zero-order valence-electron chi connectivity index (χ0n) is 27.0. The molecule has 3 aromatic heterocycles. The molecular formula is C31H40N8O11. The van der Waals surface area contributed by atoms with Crippen LogP contribution in [0.25, 0.3) is 16.9 Å². The van der Waals surface area contributed by atoms with E-state index in [0.717, 1.165) is 25.7 Å². The van der Waals surface area contributed by atoms with E-state index >= 15 is 0 Å². The molecule has 8 atom stereocenters. The predicted molar refractivity (Wildman–Crippen MR) is 171 cm³/mol. The average molecular weight is 701 g/mol. The van der Waals surface area contributed by atoms with Gasteiger partial charge in [0, 0.05) is 12.8 Å². The van der Waals surface area contributed by atoms with E-state index in [1.54, 1.807) is 0 Å². The normalized spacial score (nSPS) is 27.4. The van der Waals surface area contributed by atoms with Crippen LogP contribution in [0.5, 0.6) is 0 Å². The van der Waals surface area contributed by atoms with Crippen LogP contribution in [0.2, 0.25) is 0 Å². The van der Waals surface area contributed by atoms with Gasteiger partial charge >= 0.3 is 11.9 Å². The molecule has 6 rings (SSSR count). The highest BCUT2D eigenvalue weighted by atomic mass is 16.6. The van der Waals surface area contributed by atoms with Crippen LogP contribution in [-0.2, 0) is 28.5 Å². The molecule has 0 bridgehead atoms. The van der Waals surface area contributed by atoms with Crippen molar-refractivity contribution in [3.05, 3.63) is 41.6 Å².